The average Bonchev–Trinajstić information content (AvgIpc) is 2.52. The summed E-state index contributed by atoms with van der Waals surface area (Å²) in [6.45, 7) is 4.09. The lowest BCUT2D eigenvalue weighted by Crippen LogP contribution is -2.47. The summed E-state index contributed by atoms with van der Waals surface area (Å²) in [5.41, 5.74) is 0.988. The molecule has 1 aliphatic heterocycles. The Morgan fingerprint density at radius 2 is 1.65 bits per heavy atom. The number of rotatable bonds is 3. The Labute approximate surface area is 151 Å². The van der Waals surface area contributed by atoms with Crippen LogP contribution in [-0.4, -0.2) is 41.3 Å². The van der Waals surface area contributed by atoms with E-state index < -0.39 is 0 Å². The van der Waals surface area contributed by atoms with Gasteiger partial charge in [0.05, 0.1) is 0 Å². The summed E-state index contributed by atoms with van der Waals surface area (Å²) in [5.74, 6) is 0.996. The van der Waals surface area contributed by atoms with Crippen LogP contribution in [0.5, 0.6) is 11.5 Å². The first kappa shape index (κ1) is 20.4. The fraction of sp³-hybridized carbons (Fsp3) is 0.647. The third-order valence-electron chi connectivity index (χ3n) is 4.97. The van der Waals surface area contributed by atoms with Crippen molar-refractivity contribution in [3.63, 3.8) is 0 Å². The summed E-state index contributed by atoms with van der Waals surface area (Å²) < 4.78 is 0. The largest absolute Gasteiger partial charge is 0.508 e. The number of phenolic OH excluding ortho intramolecular Hbond substituents is 2. The highest BCUT2D eigenvalue weighted by molar-refractivity contribution is 5.85. The van der Waals surface area contributed by atoms with Gasteiger partial charge in [0.2, 0.25) is 0 Å². The Bertz CT molecular complexity index is 458. The predicted molar refractivity (Wildman–Crippen MR) is 98.0 cm³/mol. The highest BCUT2D eigenvalue weighted by Gasteiger charge is 2.32. The minimum absolute atomic E-state index is 0. The van der Waals surface area contributed by atoms with E-state index in [2.05, 4.69) is 10.2 Å². The topological polar surface area (TPSA) is 55.7 Å². The SMILES string of the molecule is Cl.Cl.Oc1ccc([C@@H](C2CCCCC2)N2CCNCC2)c(O)c1. The summed E-state index contributed by atoms with van der Waals surface area (Å²) in [6.07, 6.45) is 6.42. The molecule has 1 saturated carbocycles. The summed E-state index contributed by atoms with van der Waals surface area (Å²) in [7, 11) is 0. The molecular formula is C17H28Cl2N2O2. The lowest BCUT2D eigenvalue weighted by molar-refractivity contribution is 0.101. The van der Waals surface area contributed by atoms with Crippen molar-refractivity contribution in [3.05, 3.63) is 23.8 Å². The molecule has 0 unspecified atom stereocenters. The fourth-order valence-corrected chi connectivity index (χ4v) is 3.94. The Hall–Kier alpha value is -0.680. The molecule has 0 bridgehead atoms. The Morgan fingerprint density at radius 3 is 2.26 bits per heavy atom. The third kappa shape index (κ3) is 4.90. The van der Waals surface area contributed by atoms with E-state index in [-0.39, 0.29) is 42.4 Å². The molecule has 6 heteroatoms. The molecule has 23 heavy (non-hydrogen) atoms. The second kappa shape index (κ2) is 9.58. The molecule has 1 aliphatic carbocycles. The molecule has 1 aromatic rings. The van der Waals surface area contributed by atoms with Crippen LogP contribution in [0, 0.1) is 5.92 Å². The number of halogens is 2. The van der Waals surface area contributed by atoms with E-state index in [9.17, 15) is 10.2 Å². The van der Waals surface area contributed by atoms with Crippen LogP contribution in [0.3, 0.4) is 0 Å². The van der Waals surface area contributed by atoms with Gasteiger partial charge in [0.15, 0.2) is 0 Å². The molecule has 2 fully saturated rings. The zero-order valence-corrected chi connectivity index (χ0v) is 15.0. The molecule has 4 nitrogen and oxygen atoms in total. The van der Waals surface area contributed by atoms with E-state index >= 15 is 0 Å². The number of nitrogens with one attached hydrogen (secondary N) is 1. The predicted octanol–water partition coefficient (Wildman–Crippen LogP) is 3.47. The van der Waals surface area contributed by atoms with Crippen molar-refractivity contribution in [1.82, 2.24) is 10.2 Å². The molecule has 1 aromatic carbocycles. The van der Waals surface area contributed by atoms with Crippen LogP contribution >= 0.6 is 24.8 Å². The molecule has 3 rings (SSSR count). The van der Waals surface area contributed by atoms with Gasteiger partial charge >= 0.3 is 0 Å². The van der Waals surface area contributed by atoms with Crippen LogP contribution in [0.4, 0.5) is 0 Å². The maximum atomic E-state index is 10.3. The van der Waals surface area contributed by atoms with Crippen molar-refractivity contribution in [1.29, 1.82) is 0 Å². The van der Waals surface area contributed by atoms with Gasteiger partial charge in [-0.15, -0.1) is 24.8 Å². The van der Waals surface area contributed by atoms with Gasteiger partial charge in [-0.2, -0.15) is 0 Å². The molecule has 0 radical (unpaired) electrons. The Kier molecular flexibility index (Phi) is 8.48. The first-order valence-electron chi connectivity index (χ1n) is 8.22. The molecule has 0 aromatic heterocycles. The van der Waals surface area contributed by atoms with Crippen LogP contribution < -0.4 is 5.32 Å². The van der Waals surface area contributed by atoms with Gasteiger partial charge in [0, 0.05) is 43.9 Å². The minimum atomic E-state index is 0. The van der Waals surface area contributed by atoms with Crippen molar-refractivity contribution in [2.24, 2.45) is 5.92 Å². The van der Waals surface area contributed by atoms with E-state index in [0.29, 0.717) is 5.92 Å². The Balaban J connectivity index is 0.00000132. The molecule has 1 saturated heterocycles. The number of benzene rings is 1. The van der Waals surface area contributed by atoms with Gasteiger partial charge in [-0.1, -0.05) is 25.3 Å². The van der Waals surface area contributed by atoms with E-state index in [4.69, 9.17) is 0 Å². The van der Waals surface area contributed by atoms with Gasteiger partial charge in [-0.25, -0.2) is 0 Å². The lowest BCUT2D eigenvalue weighted by atomic mass is 9.80. The lowest BCUT2D eigenvalue weighted by Gasteiger charge is -2.41. The maximum Gasteiger partial charge on any atom is 0.124 e. The molecule has 1 atom stereocenters. The summed E-state index contributed by atoms with van der Waals surface area (Å²) in [4.78, 5) is 2.51. The first-order chi connectivity index (χ1) is 10.3. The minimum Gasteiger partial charge on any atom is -0.508 e. The average molecular weight is 363 g/mol. The zero-order chi connectivity index (χ0) is 14.7. The number of piperazine rings is 1. The molecule has 0 spiro atoms. The van der Waals surface area contributed by atoms with Crippen LogP contribution in [0.2, 0.25) is 0 Å². The standard InChI is InChI=1S/C17H26N2O2.2ClH/c20-14-6-7-15(16(21)12-14)17(13-4-2-1-3-5-13)19-10-8-18-9-11-19;;/h6-7,12-13,17-18,20-21H,1-5,8-11H2;2*1H/t17-;;/m1../s1. The number of nitrogens with zero attached hydrogens (tertiary/aromatic N) is 1. The quantitative estimate of drug-likeness (QED) is 0.770. The smallest absolute Gasteiger partial charge is 0.124 e. The first-order valence-corrected chi connectivity index (χ1v) is 8.22. The summed E-state index contributed by atoms with van der Waals surface area (Å²) in [6, 6.07) is 5.37. The highest BCUT2D eigenvalue weighted by Crippen LogP contribution is 2.42. The molecule has 3 N–H and O–H groups in total. The fourth-order valence-electron chi connectivity index (χ4n) is 3.94. The number of hydrogen-bond acceptors (Lipinski definition) is 4. The second-order valence-corrected chi connectivity index (χ2v) is 6.37. The van der Waals surface area contributed by atoms with E-state index in [1.54, 1.807) is 6.07 Å². The molecular weight excluding hydrogens is 335 g/mol. The molecule has 132 valence electrons. The maximum absolute atomic E-state index is 10.3. The van der Waals surface area contributed by atoms with Gasteiger partial charge in [0.1, 0.15) is 11.5 Å². The Morgan fingerprint density at radius 1 is 1.00 bits per heavy atom. The van der Waals surface area contributed by atoms with Gasteiger partial charge in [0.25, 0.3) is 0 Å². The van der Waals surface area contributed by atoms with Crippen molar-refractivity contribution in [3.8, 4) is 11.5 Å². The normalized spacial score (nSPS) is 21.0. The van der Waals surface area contributed by atoms with Crippen molar-refractivity contribution in [2.75, 3.05) is 26.2 Å². The zero-order valence-electron chi connectivity index (χ0n) is 13.4. The highest BCUT2D eigenvalue weighted by atomic mass is 35.5. The van der Waals surface area contributed by atoms with Crippen LogP contribution in [0.15, 0.2) is 18.2 Å². The van der Waals surface area contributed by atoms with Crippen LogP contribution in [0.25, 0.3) is 0 Å². The van der Waals surface area contributed by atoms with E-state index in [1.165, 1.54) is 38.2 Å². The van der Waals surface area contributed by atoms with Crippen molar-refractivity contribution in [2.45, 2.75) is 38.1 Å². The second-order valence-electron chi connectivity index (χ2n) is 6.37. The molecule has 1 heterocycles. The van der Waals surface area contributed by atoms with Gasteiger partial charge in [-0.3, -0.25) is 4.90 Å². The number of phenols is 2. The van der Waals surface area contributed by atoms with Crippen molar-refractivity contribution >= 4 is 24.8 Å². The molecule has 0 amide bonds. The summed E-state index contributed by atoms with van der Waals surface area (Å²) in [5, 5.41) is 23.3. The van der Waals surface area contributed by atoms with E-state index in [1.807, 2.05) is 6.07 Å². The van der Waals surface area contributed by atoms with Gasteiger partial charge in [-0.05, 0) is 24.8 Å². The monoisotopic (exact) mass is 362 g/mol. The van der Waals surface area contributed by atoms with Crippen molar-refractivity contribution < 1.29 is 10.2 Å². The summed E-state index contributed by atoms with van der Waals surface area (Å²) >= 11 is 0. The van der Waals surface area contributed by atoms with Gasteiger partial charge < -0.3 is 15.5 Å². The van der Waals surface area contributed by atoms with E-state index in [0.717, 1.165) is 31.7 Å². The molecule has 2 aliphatic rings. The van der Waals surface area contributed by atoms with Crippen LogP contribution in [-0.2, 0) is 0 Å². The van der Waals surface area contributed by atoms with Crippen LogP contribution in [0.1, 0.15) is 43.7 Å². The number of aromatic hydroxyl groups is 2. The number of hydrogen-bond donors (Lipinski definition) is 3. The third-order valence-corrected chi connectivity index (χ3v) is 4.97.